The lowest BCUT2D eigenvalue weighted by molar-refractivity contribution is -0.124. The Morgan fingerprint density at radius 1 is 1.50 bits per heavy atom. The fourth-order valence-corrected chi connectivity index (χ4v) is 4.02. The molecule has 1 N–H and O–H groups in total. The van der Waals surface area contributed by atoms with E-state index < -0.39 is 0 Å². The Hall–Kier alpha value is -1.20. The third-order valence-electron chi connectivity index (χ3n) is 4.36. The minimum atomic E-state index is 0.178. The maximum absolute atomic E-state index is 12.0. The summed E-state index contributed by atoms with van der Waals surface area (Å²) in [5.74, 6) is 0.639. The van der Waals surface area contributed by atoms with E-state index in [1.807, 2.05) is 17.5 Å². The first-order chi connectivity index (χ1) is 9.75. The molecule has 3 rings (SSSR count). The molecule has 2 saturated heterocycles. The second-order valence-corrected chi connectivity index (χ2v) is 6.55. The molecule has 2 atom stereocenters. The summed E-state index contributed by atoms with van der Waals surface area (Å²) in [6, 6.07) is 4.17. The van der Waals surface area contributed by atoms with Gasteiger partial charge in [0.1, 0.15) is 0 Å². The van der Waals surface area contributed by atoms with Gasteiger partial charge in [0.15, 0.2) is 5.78 Å². The standard InChI is InChI=1S/C15H20N2O2S/c18-13(14-6-3-9-20-14)5-2-8-17-7-1-4-11-12(17)10-16-15(11)19/h3,6,9,11-12H,1-2,4-5,7-8,10H2,(H,16,19). The Kier molecular flexibility index (Phi) is 4.17. The summed E-state index contributed by atoms with van der Waals surface area (Å²) in [5.41, 5.74) is 0. The minimum absolute atomic E-state index is 0.178. The number of amides is 1. The Balaban J connectivity index is 1.49. The second kappa shape index (κ2) is 6.06. The highest BCUT2D eigenvalue weighted by Gasteiger charge is 2.40. The van der Waals surface area contributed by atoms with Crippen molar-refractivity contribution in [3.8, 4) is 0 Å². The predicted molar refractivity (Wildman–Crippen MR) is 79.0 cm³/mol. The maximum Gasteiger partial charge on any atom is 0.224 e. The van der Waals surface area contributed by atoms with E-state index in [-0.39, 0.29) is 17.6 Å². The number of nitrogens with one attached hydrogen (secondary N) is 1. The first-order valence-corrected chi connectivity index (χ1v) is 8.22. The summed E-state index contributed by atoms with van der Waals surface area (Å²) in [6.45, 7) is 2.76. The molecule has 0 spiro atoms. The molecule has 5 heteroatoms. The zero-order valence-electron chi connectivity index (χ0n) is 11.5. The van der Waals surface area contributed by atoms with Crippen LogP contribution in [0.4, 0.5) is 0 Å². The van der Waals surface area contributed by atoms with Crippen LogP contribution in [-0.4, -0.2) is 42.3 Å². The topological polar surface area (TPSA) is 49.4 Å². The molecule has 0 aromatic carbocycles. The summed E-state index contributed by atoms with van der Waals surface area (Å²) >= 11 is 1.51. The number of fused-ring (bicyclic) bond motifs is 1. The van der Waals surface area contributed by atoms with E-state index in [0.717, 1.165) is 43.8 Å². The van der Waals surface area contributed by atoms with Gasteiger partial charge < -0.3 is 5.32 Å². The molecule has 2 aliphatic heterocycles. The molecule has 0 radical (unpaired) electrons. The van der Waals surface area contributed by atoms with Crippen LogP contribution in [0.15, 0.2) is 17.5 Å². The molecule has 2 fully saturated rings. The number of carbonyl (C=O) groups is 2. The summed E-state index contributed by atoms with van der Waals surface area (Å²) in [5, 5.41) is 4.91. The fourth-order valence-electron chi connectivity index (χ4n) is 3.32. The molecule has 1 aromatic rings. The monoisotopic (exact) mass is 292 g/mol. The molecule has 108 valence electrons. The zero-order chi connectivity index (χ0) is 13.9. The largest absolute Gasteiger partial charge is 0.354 e. The highest BCUT2D eigenvalue weighted by atomic mass is 32.1. The van der Waals surface area contributed by atoms with Crippen LogP contribution in [-0.2, 0) is 4.79 Å². The van der Waals surface area contributed by atoms with Gasteiger partial charge in [0.2, 0.25) is 5.91 Å². The van der Waals surface area contributed by atoms with Crippen molar-refractivity contribution in [1.29, 1.82) is 0 Å². The van der Waals surface area contributed by atoms with E-state index >= 15 is 0 Å². The molecule has 3 heterocycles. The number of carbonyl (C=O) groups excluding carboxylic acids is 2. The van der Waals surface area contributed by atoms with Crippen molar-refractivity contribution in [2.24, 2.45) is 5.92 Å². The van der Waals surface area contributed by atoms with Crippen LogP contribution in [0, 0.1) is 5.92 Å². The molecule has 2 unspecified atom stereocenters. The van der Waals surface area contributed by atoms with Gasteiger partial charge in [0.05, 0.1) is 10.8 Å². The first kappa shape index (κ1) is 13.8. The van der Waals surface area contributed by atoms with Crippen molar-refractivity contribution in [1.82, 2.24) is 10.2 Å². The third kappa shape index (κ3) is 2.79. The van der Waals surface area contributed by atoms with Gasteiger partial charge in [-0.25, -0.2) is 0 Å². The molecule has 0 bridgehead atoms. The highest BCUT2D eigenvalue weighted by Crippen LogP contribution is 2.27. The first-order valence-electron chi connectivity index (χ1n) is 7.34. The van der Waals surface area contributed by atoms with Crippen molar-refractivity contribution in [2.45, 2.75) is 31.7 Å². The number of hydrogen-bond donors (Lipinski definition) is 1. The van der Waals surface area contributed by atoms with E-state index in [1.165, 1.54) is 11.3 Å². The SMILES string of the molecule is O=C(CCCN1CCCC2C(=O)NCC21)c1cccs1. The summed E-state index contributed by atoms with van der Waals surface area (Å²) < 4.78 is 0. The zero-order valence-corrected chi connectivity index (χ0v) is 12.3. The lowest BCUT2D eigenvalue weighted by Gasteiger charge is -2.35. The lowest BCUT2D eigenvalue weighted by atomic mass is 9.91. The second-order valence-electron chi connectivity index (χ2n) is 5.60. The van der Waals surface area contributed by atoms with Crippen molar-refractivity contribution in [2.75, 3.05) is 19.6 Å². The average Bonchev–Trinajstić information content (AvgIpc) is 3.10. The molecule has 4 nitrogen and oxygen atoms in total. The Bertz CT molecular complexity index is 486. The van der Waals surface area contributed by atoms with Crippen LogP contribution in [0.1, 0.15) is 35.4 Å². The van der Waals surface area contributed by atoms with Crippen LogP contribution in [0.2, 0.25) is 0 Å². The van der Waals surface area contributed by atoms with E-state index in [4.69, 9.17) is 0 Å². The van der Waals surface area contributed by atoms with Crippen LogP contribution >= 0.6 is 11.3 Å². The number of nitrogens with zero attached hydrogens (tertiary/aromatic N) is 1. The van der Waals surface area contributed by atoms with Crippen molar-refractivity contribution in [3.63, 3.8) is 0 Å². The predicted octanol–water partition coefficient (Wildman–Crippen LogP) is 1.92. The van der Waals surface area contributed by atoms with Crippen molar-refractivity contribution in [3.05, 3.63) is 22.4 Å². The molecule has 2 aliphatic rings. The number of Topliss-reactive ketones (excluding diaryl/α,β-unsaturated/α-hetero) is 1. The van der Waals surface area contributed by atoms with Crippen LogP contribution in [0.3, 0.4) is 0 Å². The number of hydrogen-bond acceptors (Lipinski definition) is 4. The number of thiophene rings is 1. The van der Waals surface area contributed by atoms with E-state index in [0.29, 0.717) is 12.5 Å². The lowest BCUT2D eigenvalue weighted by Crippen LogP contribution is -2.45. The maximum atomic E-state index is 12.0. The molecule has 1 aromatic heterocycles. The van der Waals surface area contributed by atoms with Crippen LogP contribution in [0.5, 0.6) is 0 Å². The van der Waals surface area contributed by atoms with Crippen molar-refractivity contribution < 1.29 is 9.59 Å². The van der Waals surface area contributed by atoms with Crippen LogP contribution < -0.4 is 5.32 Å². The third-order valence-corrected chi connectivity index (χ3v) is 5.27. The Labute approximate surface area is 123 Å². The smallest absolute Gasteiger partial charge is 0.224 e. The van der Waals surface area contributed by atoms with Crippen molar-refractivity contribution >= 4 is 23.0 Å². The quantitative estimate of drug-likeness (QED) is 0.844. The van der Waals surface area contributed by atoms with E-state index in [1.54, 1.807) is 0 Å². The van der Waals surface area contributed by atoms with Gasteiger partial charge in [0.25, 0.3) is 0 Å². The van der Waals surface area contributed by atoms with Gasteiger partial charge in [-0.3, -0.25) is 14.5 Å². The van der Waals surface area contributed by atoms with Gasteiger partial charge in [0, 0.05) is 19.0 Å². The molecule has 1 amide bonds. The van der Waals surface area contributed by atoms with Gasteiger partial charge in [-0.05, 0) is 43.8 Å². The number of ketones is 1. The molecular formula is C15H20N2O2S. The number of likely N-dealkylation sites (tertiary alicyclic amines) is 1. The highest BCUT2D eigenvalue weighted by molar-refractivity contribution is 7.12. The van der Waals surface area contributed by atoms with Gasteiger partial charge >= 0.3 is 0 Å². The van der Waals surface area contributed by atoms with Gasteiger partial charge in [-0.15, -0.1) is 11.3 Å². The molecule has 0 aliphatic carbocycles. The van der Waals surface area contributed by atoms with E-state index in [2.05, 4.69) is 10.2 Å². The summed E-state index contributed by atoms with van der Waals surface area (Å²) in [6.07, 6.45) is 3.60. The minimum Gasteiger partial charge on any atom is -0.354 e. The Morgan fingerprint density at radius 2 is 2.40 bits per heavy atom. The molecule has 20 heavy (non-hydrogen) atoms. The van der Waals surface area contributed by atoms with E-state index in [9.17, 15) is 9.59 Å². The molecular weight excluding hydrogens is 272 g/mol. The van der Waals surface area contributed by atoms with Gasteiger partial charge in [-0.2, -0.15) is 0 Å². The fraction of sp³-hybridized carbons (Fsp3) is 0.600. The summed E-state index contributed by atoms with van der Waals surface area (Å²) in [4.78, 5) is 26.9. The number of rotatable bonds is 5. The molecule has 0 saturated carbocycles. The van der Waals surface area contributed by atoms with Gasteiger partial charge in [-0.1, -0.05) is 6.07 Å². The normalized spacial score (nSPS) is 26.3. The van der Waals surface area contributed by atoms with Crippen LogP contribution in [0.25, 0.3) is 0 Å². The average molecular weight is 292 g/mol. The Morgan fingerprint density at radius 3 is 3.20 bits per heavy atom. The summed E-state index contributed by atoms with van der Waals surface area (Å²) in [7, 11) is 0. The number of piperidine rings is 1.